The first-order chi connectivity index (χ1) is 14.8. The van der Waals surface area contributed by atoms with Crippen LogP contribution in [-0.4, -0.2) is 35.2 Å². The number of benzene rings is 2. The summed E-state index contributed by atoms with van der Waals surface area (Å²) in [4.78, 5) is 36.7. The average Bonchev–Trinajstić information content (AvgIpc) is 2.73. The van der Waals surface area contributed by atoms with Gasteiger partial charge in [0.05, 0.1) is 0 Å². The summed E-state index contributed by atoms with van der Waals surface area (Å²) >= 11 is 6.12. The van der Waals surface area contributed by atoms with E-state index in [9.17, 15) is 19.5 Å². The van der Waals surface area contributed by atoms with E-state index in [1.165, 1.54) is 0 Å². The van der Waals surface area contributed by atoms with Crippen LogP contribution >= 0.6 is 11.6 Å². The van der Waals surface area contributed by atoms with Crippen molar-refractivity contribution in [3.05, 3.63) is 70.7 Å². The summed E-state index contributed by atoms with van der Waals surface area (Å²) in [6.07, 6.45) is -0.402. The molecule has 0 saturated heterocycles. The van der Waals surface area contributed by atoms with Crippen LogP contribution in [0.15, 0.2) is 54.6 Å². The zero-order valence-corrected chi connectivity index (χ0v) is 18.3. The maximum atomic E-state index is 12.8. The first-order valence-electron chi connectivity index (χ1n) is 10.00. The molecule has 0 heterocycles. The fourth-order valence-corrected chi connectivity index (χ4v) is 3.18. The van der Waals surface area contributed by atoms with E-state index in [0.717, 1.165) is 5.56 Å². The van der Waals surface area contributed by atoms with Crippen molar-refractivity contribution in [2.45, 2.75) is 45.4 Å². The number of carbonyl (C=O) groups is 3. The van der Waals surface area contributed by atoms with Crippen molar-refractivity contribution in [1.29, 1.82) is 0 Å². The van der Waals surface area contributed by atoms with Crippen molar-refractivity contribution in [3.8, 4) is 0 Å². The molecule has 2 atom stereocenters. The number of rotatable bonds is 10. The highest BCUT2D eigenvalue weighted by Crippen LogP contribution is 2.17. The Hall–Kier alpha value is -3.06. The van der Waals surface area contributed by atoms with Crippen molar-refractivity contribution < 1.29 is 24.2 Å². The van der Waals surface area contributed by atoms with Crippen molar-refractivity contribution in [2.75, 3.05) is 0 Å². The Bertz CT molecular complexity index is 889. The van der Waals surface area contributed by atoms with Crippen LogP contribution in [-0.2, 0) is 27.4 Å². The summed E-state index contributed by atoms with van der Waals surface area (Å²) in [5.74, 6) is -1.70. The van der Waals surface area contributed by atoms with Gasteiger partial charge in [0.1, 0.15) is 18.7 Å². The SMILES string of the molecule is CC(C)C[C@H](NC(=O)OCc1ccccc1)C(=O)N[C@H](Cc1ccccc1Cl)C(=O)O. The summed E-state index contributed by atoms with van der Waals surface area (Å²) in [5.41, 5.74) is 1.42. The first kappa shape index (κ1) is 24.2. The van der Waals surface area contributed by atoms with E-state index in [1.54, 1.807) is 24.3 Å². The minimum atomic E-state index is -1.19. The van der Waals surface area contributed by atoms with Crippen LogP contribution in [0.3, 0.4) is 0 Å². The highest BCUT2D eigenvalue weighted by atomic mass is 35.5. The lowest BCUT2D eigenvalue weighted by molar-refractivity contribution is -0.142. The molecule has 0 aromatic heterocycles. The highest BCUT2D eigenvalue weighted by molar-refractivity contribution is 6.31. The topological polar surface area (TPSA) is 105 Å². The van der Waals surface area contributed by atoms with Crippen LogP contribution in [0.25, 0.3) is 0 Å². The summed E-state index contributed by atoms with van der Waals surface area (Å²) in [6.45, 7) is 3.86. The minimum absolute atomic E-state index is 0.0214. The van der Waals surface area contributed by atoms with Gasteiger partial charge in [0, 0.05) is 11.4 Å². The maximum Gasteiger partial charge on any atom is 0.408 e. The Morgan fingerprint density at radius 2 is 1.61 bits per heavy atom. The third kappa shape index (κ3) is 8.30. The van der Waals surface area contributed by atoms with E-state index in [4.69, 9.17) is 16.3 Å². The summed E-state index contributed by atoms with van der Waals surface area (Å²) in [5, 5.41) is 15.0. The monoisotopic (exact) mass is 446 g/mol. The second-order valence-electron chi connectivity index (χ2n) is 7.58. The number of alkyl carbamates (subject to hydrolysis) is 1. The van der Waals surface area contributed by atoms with Crippen molar-refractivity contribution in [1.82, 2.24) is 10.6 Å². The van der Waals surface area contributed by atoms with Crippen LogP contribution in [0.1, 0.15) is 31.4 Å². The van der Waals surface area contributed by atoms with Gasteiger partial charge in [-0.05, 0) is 29.5 Å². The molecule has 2 amide bonds. The lowest BCUT2D eigenvalue weighted by atomic mass is 10.0. The number of hydrogen-bond acceptors (Lipinski definition) is 4. The molecule has 0 saturated carbocycles. The lowest BCUT2D eigenvalue weighted by Crippen LogP contribution is -2.52. The average molecular weight is 447 g/mol. The van der Waals surface area contributed by atoms with Gasteiger partial charge in [-0.1, -0.05) is 74.0 Å². The van der Waals surface area contributed by atoms with E-state index in [-0.39, 0.29) is 18.9 Å². The van der Waals surface area contributed by atoms with Gasteiger partial charge in [-0.25, -0.2) is 9.59 Å². The zero-order valence-electron chi connectivity index (χ0n) is 17.5. The molecular formula is C23H27ClN2O5. The second kappa shape index (κ2) is 12.0. The van der Waals surface area contributed by atoms with Crippen LogP contribution in [0.2, 0.25) is 5.02 Å². The largest absolute Gasteiger partial charge is 0.480 e. The molecular weight excluding hydrogens is 420 g/mol. The Morgan fingerprint density at radius 3 is 2.23 bits per heavy atom. The number of ether oxygens (including phenoxy) is 1. The highest BCUT2D eigenvalue weighted by Gasteiger charge is 2.28. The molecule has 0 fully saturated rings. The number of carbonyl (C=O) groups excluding carboxylic acids is 2. The molecule has 2 aromatic rings. The number of aliphatic carboxylic acids is 1. The van der Waals surface area contributed by atoms with Gasteiger partial charge in [0.2, 0.25) is 5.91 Å². The molecule has 0 bridgehead atoms. The molecule has 2 rings (SSSR count). The zero-order chi connectivity index (χ0) is 22.8. The molecule has 31 heavy (non-hydrogen) atoms. The van der Waals surface area contributed by atoms with E-state index in [0.29, 0.717) is 17.0 Å². The van der Waals surface area contributed by atoms with E-state index in [1.807, 2.05) is 44.2 Å². The number of halogens is 1. The van der Waals surface area contributed by atoms with Crippen LogP contribution < -0.4 is 10.6 Å². The summed E-state index contributed by atoms with van der Waals surface area (Å²) < 4.78 is 5.19. The van der Waals surface area contributed by atoms with Gasteiger partial charge in [-0.3, -0.25) is 4.79 Å². The maximum absolute atomic E-state index is 12.8. The number of amides is 2. The van der Waals surface area contributed by atoms with Crippen molar-refractivity contribution >= 4 is 29.6 Å². The number of carboxylic acid groups (broad SMARTS) is 1. The molecule has 0 aliphatic rings. The molecule has 0 spiro atoms. The molecule has 3 N–H and O–H groups in total. The fraction of sp³-hybridized carbons (Fsp3) is 0.348. The van der Waals surface area contributed by atoms with Crippen LogP contribution in [0, 0.1) is 5.92 Å². The van der Waals surface area contributed by atoms with E-state index in [2.05, 4.69) is 10.6 Å². The Kier molecular flexibility index (Phi) is 9.34. The van der Waals surface area contributed by atoms with Gasteiger partial charge in [-0.2, -0.15) is 0 Å². The fourth-order valence-electron chi connectivity index (χ4n) is 2.97. The normalized spacial score (nSPS) is 12.6. The number of hydrogen-bond donors (Lipinski definition) is 3. The predicted octanol–water partition coefficient (Wildman–Crippen LogP) is 3.79. The van der Waals surface area contributed by atoms with Crippen molar-refractivity contribution in [3.63, 3.8) is 0 Å². The molecule has 0 radical (unpaired) electrons. The second-order valence-corrected chi connectivity index (χ2v) is 7.99. The first-order valence-corrected chi connectivity index (χ1v) is 10.4. The van der Waals surface area contributed by atoms with Crippen LogP contribution in [0.5, 0.6) is 0 Å². The minimum Gasteiger partial charge on any atom is -0.480 e. The number of nitrogens with one attached hydrogen (secondary N) is 2. The van der Waals surface area contributed by atoms with E-state index < -0.39 is 30.1 Å². The molecule has 0 aliphatic heterocycles. The summed E-state index contributed by atoms with van der Waals surface area (Å²) in [6, 6.07) is 13.9. The Morgan fingerprint density at radius 1 is 0.968 bits per heavy atom. The number of carboxylic acids is 1. The quantitative estimate of drug-likeness (QED) is 0.515. The molecule has 0 unspecified atom stereocenters. The third-order valence-electron chi connectivity index (χ3n) is 4.52. The summed E-state index contributed by atoms with van der Waals surface area (Å²) in [7, 11) is 0. The van der Waals surface area contributed by atoms with Crippen LogP contribution in [0.4, 0.5) is 4.79 Å². The smallest absolute Gasteiger partial charge is 0.408 e. The van der Waals surface area contributed by atoms with Gasteiger partial charge in [-0.15, -0.1) is 0 Å². The molecule has 2 aromatic carbocycles. The lowest BCUT2D eigenvalue weighted by Gasteiger charge is -2.23. The molecule has 0 aliphatic carbocycles. The van der Waals surface area contributed by atoms with Gasteiger partial charge in [0.25, 0.3) is 0 Å². The van der Waals surface area contributed by atoms with Crippen molar-refractivity contribution in [2.24, 2.45) is 5.92 Å². The van der Waals surface area contributed by atoms with Gasteiger partial charge >= 0.3 is 12.1 Å². The molecule has 8 heteroatoms. The Labute approximate surface area is 186 Å². The third-order valence-corrected chi connectivity index (χ3v) is 4.89. The Balaban J connectivity index is 2.01. The standard InChI is InChI=1S/C23H27ClN2O5/c1-15(2)12-19(26-23(30)31-14-16-8-4-3-5-9-16)21(27)25-20(22(28)29)13-17-10-6-7-11-18(17)24/h3-11,15,19-20H,12-14H2,1-2H3,(H,25,27)(H,26,30)(H,28,29)/t19-,20+/m0/s1. The van der Waals surface area contributed by atoms with Gasteiger partial charge < -0.3 is 20.5 Å². The van der Waals surface area contributed by atoms with Gasteiger partial charge in [0.15, 0.2) is 0 Å². The predicted molar refractivity (Wildman–Crippen MR) is 118 cm³/mol. The van der Waals surface area contributed by atoms with E-state index >= 15 is 0 Å². The molecule has 166 valence electrons. The molecule has 7 nitrogen and oxygen atoms in total.